The highest BCUT2D eigenvalue weighted by Gasteiger charge is 2.12. The van der Waals surface area contributed by atoms with Crippen molar-refractivity contribution in [3.63, 3.8) is 0 Å². The van der Waals surface area contributed by atoms with E-state index < -0.39 is 24.2 Å². The van der Waals surface area contributed by atoms with Crippen LogP contribution in [0.25, 0.3) is 11.3 Å². The second-order valence-electron chi connectivity index (χ2n) is 3.41. The van der Waals surface area contributed by atoms with Crippen molar-refractivity contribution in [2.75, 3.05) is 0 Å². The van der Waals surface area contributed by atoms with Gasteiger partial charge in [-0.05, 0) is 24.3 Å². The molecule has 0 bridgehead atoms. The Morgan fingerprint density at radius 3 is 2.47 bits per heavy atom. The number of aliphatic hydroxyl groups is 1. The van der Waals surface area contributed by atoms with Crippen LogP contribution in [0.15, 0.2) is 30.3 Å². The molecule has 0 unspecified atom stereocenters. The van der Waals surface area contributed by atoms with Crippen molar-refractivity contribution in [2.24, 2.45) is 0 Å². The van der Waals surface area contributed by atoms with Gasteiger partial charge < -0.3 is 5.11 Å². The number of benzene rings is 1. The molecule has 1 heterocycles. The summed E-state index contributed by atoms with van der Waals surface area (Å²) < 4.78 is 39.7. The summed E-state index contributed by atoms with van der Waals surface area (Å²) in [5.74, 6) is -2.99. The van der Waals surface area contributed by atoms with Gasteiger partial charge in [0.2, 0.25) is 5.95 Å². The van der Waals surface area contributed by atoms with Crippen molar-refractivity contribution in [2.45, 2.75) is 6.61 Å². The van der Waals surface area contributed by atoms with Crippen molar-refractivity contribution in [3.05, 3.63) is 53.5 Å². The van der Waals surface area contributed by atoms with E-state index in [0.717, 1.165) is 6.07 Å². The number of rotatable bonds is 2. The maximum atomic E-state index is 13.4. The van der Waals surface area contributed by atoms with Gasteiger partial charge in [0, 0.05) is 11.1 Å². The van der Waals surface area contributed by atoms with E-state index in [0.29, 0.717) is 0 Å². The maximum Gasteiger partial charge on any atom is 0.218 e. The van der Waals surface area contributed by atoms with E-state index in [2.05, 4.69) is 4.98 Å². The number of hydrogen-bond donors (Lipinski definition) is 1. The fourth-order valence-electron chi connectivity index (χ4n) is 1.43. The summed E-state index contributed by atoms with van der Waals surface area (Å²) in [6, 6.07) is 6.19. The number of halogens is 3. The molecule has 0 spiro atoms. The lowest BCUT2D eigenvalue weighted by Crippen LogP contribution is -1.97. The zero-order valence-corrected chi connectivity index (χ0v) is 8.62. The normalized spacial score (nSPS) is 10.6. The minimum atomic E-state index is -1.07. The zero-order chi connectivity index (χ0) is 12.4. The van der Waals surface area contributed by atoms with Gasteiger partial charge in [-0.2, -0.15) is 4.39 Å². The highest BCUT2D eigenvalue weighted by molar-refractivity contribution is 5.60. The van der Waals surface area contributed by atoms with E-state index in [9.17, 15) is 13.2 Å². The van der Waals surface area contributed by atoms with Crippen LogP contribution in [0.1, 0.15) is 5.56 Å². The molecule has 0 atom stereocenters. The first-order chi connectivity index (χ1) is 8.13. The van der Waals surface area contributed by atoms with Gasteiger partial charge in [0.25, 0.3) is 0 Å². The summed E-state index contributed by atoms with van der Waals surface area (Å²) in [5.41, 5.74) is -0.129. The van der Waals surface area contributed by atoms with Crippen molar-refractivity contribution in [1.82, 2.24) is 4.98 Å². The molecule has 88 valence electrons. The number of nitrogens with zero attached hydrogens (tertiary/aromatic N) is 1. The summed E-state index contributed by atoms with van der Waals surface area (Å²) >= 11 is 0. The Labute approximate surface area is 95.4 Å². The predicted octanol–water partition coefficient (Wildman–Crippen LogP) is 2.66. The molecule has 1 aromatic carbocycles. The summed E-state index contributed by atoms with van der Waals surface area (Å²) in [6.07, 6.45) is 0. The molecule has 0 aliphatic rings. The smallest absolute Gasteiger partial charge is 0.218 e. The van der Waals surface area contributed by atoms with Gasteiger partial charge in [0.15, 0.2) is 11.6 Å². The van der Waals surface area contributed by atoms with Gasteiger partial charge in [-0.15, -0.1) is 0 Å². The van der Waals surface area contributed by atoms with Crippen LogP contribution >= 0.6 is 0 Å². The lowest BCUT2D eigenvalue weighted by Gasteiger charge is -2.05. The van der Waals surface area contributed by atoms with E-state index in [-0.39, 0.29) is 16.8 Å². The third kappa shape index (κ3) is 2.14. The Balaban J connectivity index is 2.54. The number of aliphatic hydroxyl groups excluding tert-OH is 1. The standard InChI is InChI=1S/C12H8F3NO/c13-9-3-1-2-8(11(9)14)10-5-4-7(6-17)12(15)16-10/h1-5,17H,6H2. The third-order valence-corrected chi connectivity index (χ3v) is 2.32. The topological polar surface area (TPSA) is 33.1 Å². The minimum absolute atomic E-state index is 0.00515. The average molecular weight is 239 g/mol. The first kappa shape index (κ1) is 11.6. The fraction of sp³-hybridized carbons (Fsp3) is 0.0833. The number of pyridine rings is 1. The van der Waals surface area contributed by atoms with Crippen LogP contribution in [0.2, 0.25) is 0 Å². The fourth-order valence-corrected chi connectivity index (χ4v) is 1.43. The van der Waals surface area contributed by atoms with Crippen LogP contribution < -0.4 is 0 Å². The lowest BCUT2D eigenvalue weighted by molar-refractivity contribution is 0.274. The minimum Gasteiger partial charge on any atom is -0.392 e. The van der Waals surface area contributed by atoms with Gasteiger partial charge in [-0.1, -0.05) is 6.07 Å². The number of aromatic nitrogens is 1. The van der Waals surface area contributed by atoms with Crippen LogP contribution in [-0.2, 0) is 6.61 Å². The first-order valence-corrected chi connectivity index (χ1v) is 4.84. The van der Waals surface area contributed by atoms with E-state index in [1.807, 2.05) is 0 Å². The highest BCUT2D eigenvalue weighted by atomic mass is 19.2. The molecule has 0 aliphatic heterocycles. The van der Waals surface area contributed by atoms with E-state index in [1.54, 1.807) is 0 Å². The molecular weight excluding hydrogens is 231 g/mol. The second kappa shape index (κ2) is 4.55. The molecule has 1 aromatic heterocycles. The zero-order valence-electron chi connectivity index (χ0n) is 8.62. The molecule has 1 N–H and O–H groups in total. The first-order valence-electron chi connectivity index (χ1n) is 4.84. The van der Waals surface area contributed by atoms with Gasteiger partial charge in [0.1, 0.15) is 0 Å². The predicted molar refractivity (Wildman–Crippen MR) is 55.5 cm³/mol. The molecule has 5 heteroatoms. The highest BCUT2D eigenvalue weighted by Crippen LogP contribution is 2.23. The SMILES string of the molecule is OCc1ccc(-c2cccc(F)c2F)nc1F. The Morgan fingerprint density at radius 1 is 1.06 bits per heavy atom. The Kier molecular flexibility index (Phi) is 3.10. The van der Waals surface area contributed by atoms with E-state index >= 15 is 0 Å². The number of hydrogen-bond acceptors (Lipinski definition) is 2. The molecule has 0 fully saturated rings. The quantitative estimate of drug-likeness (QED) is 0.817. The molecule has 0 saturated carbocycles. The van der Waals surface area contributed by atoms with Gasteiger partial charge in [-0.25, -0.2) is 13.8 Å². The molecule has 0 amide bonds. The van der Waals surface area contributed by atoms with Crippen molar-refractivity contribution in [3.8, 4) is 11.3 Å². The molecule has 2 rings (SSSR count). The second-order valence-corrected chi connectivity index (χ2v) is 3.41. The van der Waals surface area contributed by atoms with E-state index in [4.69, 9.17) is 5.11 Å². The van der Waals surface area contributed by atoms with E-state index in [1.165, 1.54) is 24.3 Å². The maximum absolute atomic E-state index is 13.4. The molecule has 0 aliphatic carbocycles. The summed E-state index contributed by atoms with van der Waals surface area (Å²) in [4.78, 5) is 3.48. The third-order valence-electron chi connectivity index (χ3n) is 2.32. The van der Waals surface area contributed by atoms with Gasteiger partial charge in [0.05, 0.1) is 12.3 Å². The van der Waals surface area contributed by atoms with Crippen LogP contribution in [0.4, 0.5) is 13.2 Å². The Hall–Kier alpha value is -1.88. The lowest BCUT2D eigenvalue weighted by atomic mass is 10.1. The Morgan fingerprint density at radius 2 is 1.82 bits per heavy atom. The van der Waals surface area contributed by atoms with Crippen molar-refractivity contribution < 1.29 is 18.3 Å². The summed E-state index contributed by atoms with van der Waals surface area (Å²) in [7, 11) is 0. The van der Waals surface area contributed by atoms with Crippen LogP contribution in [0.5, 0.6) is 0 Å². The molecule has 17 heavy (non-hydrogen) atoms. The summed E-state index contributed by atoms with van der Waals surface area (Å²) in [5, 5.41) is 8.76. The largest absolute Gasteiger partial charge is 0.392 e. The molecule has 0 radical (unpaired) electrons. The van der Waals surface area contributed by atoms with Crippen LogP contribution in [0.3, 0.4) is 0 Å². The van der Waals surface area contributed by atoms with Crippen LogP contribution in [0, 0.1) is 17.6 Å². The molecule has 0 saturated heterocycles. The van der Waals surface area contributed by atoms with Crippen molar-refractivity contribution >= 4 is 0 Å². The van der Waals surface area contributed by atoms with Gasteiger partial charge in [-0.3, -0.25) is 0 Å². The molecule has 2 aromatic rings. The Bertz CT molecular complexity index is 557. The van der Waals surface area contributed by atoms with Crippen molar-refractivity contribution in [1.29, 1.82) is 0 Å². The summed E-state index contributed by atoms with van der Waals surface area (Å²) in [6.45, 7) is -0.495. The molecular formula is C12H8F3NO. The monoisotopic (exact) mass is 239 g/mol. The van der Waals surface area contributed by atoms with Crippen LogP contribution in [-0.4, -0.2) is 10.1 Å². The molecule has 2 nitrogen and oxygen atoms in total. The van der Waals surface area contributed by atoms with Gasteiger partial charge >= 0.3 is 0 Å². The average Bonchev–Trinajstić information content (AvgIpc) is 2.32.